The molecule has 158 valence electrons. The second kappa shape index (κ2) is 8.67. The molecule has 8 heteroatoms. The van der Waals surface area contributed by atoms with Crippen LogP contribution < -0.4 is 9.80 Å². The van der Waals surface area contributed by atoms with Gasteiger partial charge in [0.15, 0.2) is 0 Å². The summed E-state index contributed by atoms with van der Waals surface area (Å²) < 4.78 is 0. The molecule has 2 aliphatic rings. The lowest BCUT2D eigenvalue weighted by molar-refractivity contribution is 0.0740. The third-order valence-electron chi connectivity index (χ3n) is 5.91. The van der Waals surface area contributed by atoms with Crippen molar-refractivity contribution in [2.75, 3.05) is 49.1 Å². The molecule has 0 saturated carbocycles. The van der Waals surface area contributed by atoms with Gasteiger partial charge in [-0.1, -0.05) is 30.3 Å². The zero-order valence-corrected chi connectivity index (χ0v) is 17.4. The third kappa shape index (κ3) is 4.19. The second-order valence-electron chi connectivity index (χ2n) is 7.86. The largest absolute Gasteiger partial charge is 0.357 e. The first-order chi connectivity index (χ1) is 15.3. The van der Waals surface area contributed by atoms with Gasteiger partial charge in [-0.05, 0) is 12.8 Å². The van der Waals surface area contributed by atoms with Crippen molar-refractivity contribution in [1.29, 1.82) is 0 Å². The summed E-state index contributed by atoms with van der Waals surface area (Å²) in [5.74, 6) is 1.71. The van der Waals surface area contributed by atoms with Crippen LogP contribution in [0.3, 0.4) is 0 Å². The van der Waals surface area contributed by atoms with Crippen LogP contribution in [0.1, 0.15) is 23.3 Å². The van der Waals surface area contributed by atoms with Gasteiger partial charge in [0.25, 0.3) is 5.91 Å². The summed E-state index contributed by atoms with van der Waals surface area (Å²) in [6.07, 6.45) is 5.45. The number of carbonyl (C=O) groups excluding carboxylic acids is 1. The van der Waals surface area contributed by atoms with Gasteiger partial charge in [-0.2, -0.15) is 0 Å². The van der Waals surface area contributed by atoms with E-state index in [0.29, 0.717) is 18.8 Å². The Morgan fingerprint density at radius 2 is 1.35 bits per heavy atom. The van der Waals surface area contributed by atoms with Crippen molar-refractivity contribution in [2.45, 2.75) is 12.8 Å². The van der Waals surface area contributed by atoms with Crippen molar-refractivity contribution in [3.8, 4) is 11.3 Å². The minimum absolute atomic E-state index is 0.0323. The van der Waals surface area contributed by atoms with E-state index in [0.717, 1.165) is 49.1 Å². The fraction of sp³-hybridized carbons (Fsp3) is 0.348. The Labute approximate surface area is 181 Å². The number of amides is 1. The lowest BCUT2D eigenvalue weighted by atomic mass is 10.1. The molecule has 0 bridgehead atoms. The number of nitrogens with zero attached hydrogens (tertiary/aromatic N) is 7. The van der Waals surface area contributed by atoms with Crippen LogP contribution in [-0.4, -0.2) is 70.0 Å². The molecule has 4 heterocycles. The van der Waals surface area contributed by atoms with Gasteiger partial charge in [-0.25, -0.2) is 19.9 Å². The highest BCUT2D eigenvalue weighted by Gasteiger charge is 2.25. The fourth-order valence-electron chi connectivity index (χ4n) is 4.17. The maximum Gasteiger partial charge on any atom is 0.272 e. The minimum Gasteiger partial charge on any atom is -0.357 e. The van der Waals surface area contributed by atoms with Crippen LogP contribution in [0, 0.1) is 0 Å². The Balaban J connectivity index is 1.25. The van der Waals surface area contributed by atoms with Gasteiger partial charge in [-0.15, -0.1) is 0 Å². The van der Waals surface area contributed by atoms with Crippen LogP contribution >= 0.6 is 0 Å². The molecule has 0 aliphatic carbocycles. The highest BCUT2D eigenvalue weighted by Crippen LogP contribution is 2.22. The predicted octanol–water partition coefficient (Wildman–Crippen LogP) is 2.50. The van der Waals surface area contributed by atoms with Crippen molar-refractivity contribution in [3.63, 3.8) is 0 Å². The van der Waals surface area contributed by atoms with Crippen molar-refractivity contribution in [2.24, 2.45) is 0 Å². The maximum atomic E-state index is 13.0. The van der Waals surface area contributed by atoms with Crippen LogP contribution in [0.4, 0.5) is 11.6 Å². The van der Waals surface area contributed by atoms with Crippen molar-refractivity contribution in [3.05, 3.63) is 60.8 Å². The lowest BCUT2D eigenvalue weighted by Gasteiger charge is -2.35. The number of anilines is 2. The molecule has 2 aromatic heterocycles. The molecule has 8 nitrogen and oxygen atoms in total. The van der Waals surface area contributed by atoms with E-state index in [1.54, 1.807) is 6.33 Å². The quantitative estimate of drug-likeness (QED) is 0.648. The highest BCUT2D eigenvalue weighted by atomic mass is 16.2. The molecule has 1 aromatic carbocycles. The average Bonchev–Trinajstić information content (AvgIpc) is 3.40. The highest BCUT2D eigenvalue weighted by molar-refractivity contribution is 5.93. The van der Waals surface area contributed by atoms with E-state index in [1.807, 2.05) is 47.4 Å². The molecule has 5 rings (SSSR count). The monoisotopic (exact) mass is 415 g/mol. The zero-order chi connectivity index (χ0) is 21.0. The van der Waals surface area contributed by atoms with Gasteiger partial charge in [-0.3, -0.25) is 4.79 Å². The lowest BCUT2D eigenvalue weighted by Crippen LogP contribution is -2.49. The first-order valence-electron chi connectivity index (χ1n) is 10.8. The Morgan fingerprint density at radius 1 is 0.710 bits per heavy atom. The Kier molecular flexibility index (Phi) is 5.43. The SMILES string of the molecule is O=C(c1cc(N2CCCC2)ncn1)N1CCN(c2cc(-c3ccccc3)ncn2)CC1. The number of hydrogen-bond donors (Lipinski definition) is 0. The number of benzene rings is 1. The summed E-state index contributed by atoms with van der Waals surface area (Å²) in [6.45, 7) is 4.70. The van der Waals surface area contributed by atoms with Crippen LogP contribution in [0.15, 0.2) is 55.1 Å². The standard InChI is InChI=1S/C23H25N7O/c31-23(20-15-22(27-17-25-20)28-8-4-5-9-28)30-12-10-29(11-13-30)21-14-19(24-16-26-21)18-6-2-1-3-7-18/h1-3,6-7,14-17H,4-5,8-13H2. The molecule has 0 radical (unpaired) electrons. The van der Waals surface area contributed by atoms with Crippen LogP contribution in [0.5, 0.6) is 0 Å². The summed E-state index contributed by atoms with van der Waals surface area (Å²) in [6, 6.07) is 13.9. The van der Waals surface area contributed by atoms with Crippen molar-refractivity contribution >= 4 is 17.5 Å². The molecule has 1 amide bonds. The van der Waals surface area contributed by atoms with Crippen LogP contribution in [-0.2, 0) is 0 Å². The maximum absolute atomic E-state index is 13.0. The van der Waals surface area contributed by atoms with Gasteiger partial charge in [0.2, 0.25) is 0 Å². The fourth-order valence-corrected chi connectivity index (χ4v) is 4.17. The summed E-state index contributed by atoms with van der Waals surface area (Å²) in [5, 5.41) is 0. The Bertz CT molecular complexity index is 1040. The van der Waals surface area contributed by atoms with Gasteiger partial charge in [0, 0.05) is 57.0 Å². The Morgan fingerprint density at radius 3 is 2.10 bits per heavy atom. The van der Waals surface area contributed by atoms with Crippen molar-refractivity contribution in [1.82, 2.24) is 24.8 Å². The molecular formula is C23H25N7O. The van der Waals surface area contributed by atoms with E-state index in [4.69, 9.17) is 0 Å². The normalized spacial score (nSPS) is 16.6. The number of carbonyl (C=O) groups is 1. The summed E-state index contributed by atoms with van der Waals surface area (Å²) in [7, 11) is 0. The average molecular weight is 416 g/mol. The van der Waals surface area contributed by atoms with Crippen molar-refractivity contribution < 1.29 is 4.79 Å². The second-order valence-corrected chi connectivity index (χ2v) is 7.86. The van der Waals surface area contributed by atoms with E-state index < -0.39 is 0 Å². The van der Waals surface area contributed by atoms with Gasteiger partial charge in [0.1, 0.15) is 30.0 Å². The summed E-state index contributed by atoms with van der Waals surface area (Å²) in [4.78, 5) is 36.8. The number of hydrogen-bond acceptors (Lipinski definition) is 7. The first kappa shape index (κ1) is 19.4. The zero-order valence-electron chi connectivity index (χ0n) is 17.4. The molecule has 0 unspecified atom stereocenters. The molecule has 2 saturated heterocycles. The molecule has 0 N–H and O–H groups in total. The molecule has 3 aromatic rings. The summed E-state index contributed by atoms with van der Waals surface area (Å²) >= 11 is 0. The van der Waals surface area contributed by atoms with Gasteiger partial charge < -0.3 is 14.7 Å². The molecule has 0 spiro atoms. The molecular weight excluding hydrogens is 390 g/mol. The molecule has 0 atom stereocenters. The van der Waals surface area contributed by atoms with Gasteiger partial charge in [0.05, 0.1) is 5.69 Å². The topological polar surface area (TPSA) is 78.4 Å². The van der Waals surface area contributed by atoms with Gasteiger partial charge >= 0.3 is 0 Å². The Hall–Kier alpha value is -3.55. The molecule has 31 heavy (non-hydrogen) atoms. The van der Waals surface area contributed by atoms with E-state index in [2.05, 4.69) is 29.7 Å². The van der Waals surface area contributed by atoms with Crippen LogP contribution in [0.2, 0.25) is 0 Å². The minimum atomic E-state index is -0.0323. The first-order valence-corrected chi connectivity index (χ1v) is 10.8. The van der Waals surface area contributed by atoms with E-state index in [9.17, 15) is 4.79 Å². The van der Waals surface area contributed by atoms with Crippen LogP contribution in [0.25, 0.3) is 11.3 Å². The van der Waals surface area contributed by atoms with E-state index >= 15 is 0 Å². The summed E-state index contributed by atoms with van der Waals surface area (Å²) in [5.41, 5.74) is 2.44. The van der Waals surface area contributed by atoms with E-state index in [1.165, 1.54) is 19.2 Å². The number of rotatable bonds is 4. The molecule has 2 fully saturated rings. The third-order valence-corrected chi connectivity index (χ3v) is 5.91. The number of aromatic nitrogens is 4. The predicted molar refractivity (Wildman–Crippen MR) is 119 cm³/mol. The number of piperazine rings is 1. The molecule has 2 aliphatic heterocycles. The smallest absolute Gasteiger partial charge is 0.272 e. The van der Waals surface area contributed by atoms with E-state index in [-0.39, 0.29) is 5.91 Å².